The molecule has 0 aliphatic heterocycles. The second kappa shape index (κ2) is 11.7. The molecule has 12 nitrogen and oxygen atoms in total. The van der Waals surface area contributed by atoms with E-state index >= 15 is 0 Å². The molecule has 0 saturated carbocycles. The molecule has 1 unspecified atom stereocenters. The summed E-state index contributed by atoms with van der Waals surface area (Å²) in [6, 6.07) is 16.6. The van der Waals surface area contributed by atoms with Crippen molar-refractivity contribution >= 4 is 28.6 Å². The molecule has 1 atom stereocenters. The highest BCUT2D eigenvalue weighted by Gasteiger charge is 2.21. The number of rotatable bonds is 10. The predicted octanol–water partition coefficient (Wildman–Crippen LogP) is 3.34. The Morgan fingerprint density at radius 3 is 2.62 bits per heavy atom. The van der Waals surface area contributed by atoms with Crippen LogP contribution in [0.4, 0.5) is 14.5 Å². The number of aromatic nitrogens is 6. The topological polar surface area (TPSA) is 153 Å². The molecule has 14 heteroatoms. The highest BCUT2D eigenvalue weighted by molar-refractivity contribution is 5.95. The molecule has 0 radical (unpaired) electrons. The number of nitrogens with one attached hydrogen (secondary N) is 3. The van der Waals surface area contributed by atoms with E-state index in [1.54, 1.807) is 30.3 Å². The number of anilines is 1. The minimum Gasteiger partial charge on any atom is -0.435 e. The van der Waals surface area contributed by atoms with E-state index in [2.05, 4.69) is 41.3 Å². The predicted molar refractivity (Wildman–Crippen MR) is 139 cm³/mol. The summed E-state index contributed by atoms with van der Waals surface area (Å²) in [5.74, 6) is -0.251. The molecule has 3 N–H and O–H groups in total. The van der Waals surface area contributed by atoms with Gasteiger partial charge in [0.1, 0.15) is 11.2 Å². The molecule has 2 aromatic carbocycles. The minimum absolute atomic E-state index is 0.0825. The lowest BCUT2D eigenvalue weighted by atomic mass is 10.1. The third-order valence-corrected chi connectivity index (χ3v) is 5.72. The standard InChI is InChI=1S/C26H23F2N9O3/c1-15(38)32-18-7-8-21-19(14-18)33-25(40-21)20-13-17(9-10-29-20)24(39)31-12-11-30-22(16-5-3-2-4-6-16)23-34-36-37(35-23)26(27)28/h2-10,13-14,22,26,30H,11-12H2,1H3,(H,31,39)(H,32,38). The Morgan fingerprint density at radius 2 is 1.88 bits per heavy atom. The lowest BCUT2D eigenvalue weighted by molar-refractivity contribution is -0.114. The Hall–Kier alpha value is -5.11. The van der Waals surface area contributed by atoms with Crippen LogP contribution in [0.15, 0.2) is 71.3 Å². The third kappa shape index (κ3) is 6.13. The van der Waals surface area contributed by atoms with Crippen LogP contribution in [0.5, 0.6) is 0 Å². The fourth-order valence-corrected chi connectivity index (χ4v) is 3.94. The van der Waals surface area contributed by atoms with Gasteiger partial charge in [-0.2, -0.15) is 8.78 Å². The first kappa shape index (κ1) is 26.5. The number of nitrogens with zero attached hydrogens (tertiary/aromatic N) is 6. The van der Waals surface area contributed by atoms with Crippen molar-refractivity contribution in [3.05, 3.63) is 83.8 Å². The lowest BCUT2D eigenvalue weighted by Crippen LogP contribution is -2.34. The molecule has 5 rings (SSSR count). The quantitative estimate of drug-likeness (QED) is 0.224. The highest BCUT2D eigenvalue weighted by atomic mass is 19.3. The summed E-state index contributed by atoms with van der Waals surface area (Å²) in [5, 5.41) is 19.6. The fraction of sp³-hybridized carbons (Fsp3) is 0.192. The van der Waals surface area contributed by atoms with Gasteiger partial charge in [-0.15, -0.1) is 10.2 Å². The van der Waals surface area contributed by atoms with Crippen molar-refractivity contribution in [2.45, 2.75) is 19.5 Å². The van der Waals surface area contributed by atoms with E-state index in [0.29, 0.717) is 28.0 Å². The molecule has 0 aliphatic rings. The van der Waals surface area contributed by atoms with Crippen molar-refractivity contribution in [3.8, 4) is 11.6 Å². The third-order valence-electron chi connectivity index (χ3n) is 5.72. The molecule has 2 amide bonds. The molecule has 0 spiro atoms. The number of fused-ring (bicyclic) bond motifs is 1. The summed E-state index contributed by atoms with van der Waals surface area (Å²) in [7, 11) is 0. The van der Waals surface area contributed by atoms with E-state index in [0.717, 1.165) is 5.56 Å². The number of benzene rings is 2. The van der Waals surface area contributed by atoms with Crippen LogP contribution in [0.25, 0.3) is 22.7 Å². The molecule has 0 fully saturated rings. The first-order valence-electron chi connectivity index (χ1n) is 12.2. The minimum atomic E-state index is -2.90. The zero-order valence-electron chi connectivity index (χ0n) is 21.1. The van der Waals surface area contributed by atoms with E-state index in [4.69, 9.17) is 4.42 Å². The van der Waals surface area contributed by atoms with Crippen LogP contribution in [0.1, 0.15) is 41.3 Å². The van der Waals surface area contributed by atoms with Gasteiger partial charge >= 0.3 is 6.55 Å². The number of hydrogen-bond donors (Lipinski definition) is 3. The average molecular weight is 548 g/mol. The Balaban J connectivity index is 1.23. The molecule has 0 aliphatic carbocycles. The van der Waals surface area contributed by atoms with Gasteiger partial charge in [0.15, 0.2) is 11.4 Å². The van der Waals surface area contributed by atoms with Crippen LogP contribution < -0.4 is 16.0 Å². The lowest BCUT2D eigenvalue weighted by Gasteiger charge is -2.16. The molecule has 3 aromatic heterocycles. The molecule has 3 heterocycles. The second-order valence-electron chi connectivity index (χ2n) is 8.61. The fourth-order valence-electron chi connectivity index (χ4n) is 3.94. The van der Waals surface area contributed by atoms with Gasteiger partial charge in [-0.25, -0.2) is 4.98 Å². The van der Waals surface area contributed by atoms with Gasteiger partial charge in [0, 0.05) is 37.5 Å². The monoisotopic (exact) mass is 547 g/mol. The number of pyridine rings is 1. The van der Waals surface area contributed by atoms with E-state index in [1.807, 2.05) is 30.3 Å². The van der Waals surface area contributed by atoms with Crippen LogP contribution in [-0.4, -0.2) is 55.1 Å². The van der Waals surface area contributed by atoms with E-state index in [-0.39, 0.29) is 41.4 Å². The van der Waals surface area contributed by atoms with Crippen LogP contribution in [0.2, 0.25) is 0 Å². The van der Waals surface area contributed by atoms with Gasteiger partial charge in [0.25, 0.3) is 5.91 Å². The van der Waals surface area contributed by atoms with Crippen LogP contribution in [-0.2, 0) is 4.79 Å². The van der Waals surface area contributed by atoms with Crippen molar-refractivity contribution in [2.75, 3.05) is 18.4 Å². The zero-order valence-corrected chi connectivity index (χ0v) is 21.1. The molecular formula is C26H23F2N9O3. The number of halogens is 2. The smallest absolute Gasteiger partial charge is 0.350 e. The number of carbonyl (C=O) groups is 2. The maximum absolute atomic E-state index is 13.0. The normalized spacial score (nSPS) is 12.0. The number of amides is 2. The van der Waals surface area contributed by atoms with Crippen molar-refractivity contribution in [3.63, 3.8) is 0 Å². The van der Waals surface area contributed by atoms with Crippen molar-refractivity contribution in [1.29, 1.82) is 0 Å². The maximum Gasteiger partial charge on any atom is 0.350 e. The Bertz CT molecular complexity index is 1640. The largest absolute Gasteiger partial charge is 0.435 e. The van der Waals surface area contributed by atoms with Crippen LogP contribution in [0, 0.1) is 0 Å². The molecular weight excluding hydrogens is 524 g/mol. The highest BCUT2D eigenvalue weighted by Crippen LogP contribution is 2.26. The Morgan fingerprint density at radius 1 is 1.05 bits per heavy atom. The molecule has 5 aromatic rings. The van der Waals surface area contributed by atoms with Crippen molar-refractivity contribution in [1.82, 2.24) is 40.8 Å². The van der Waals surface area contributed by atoms with E-state index < -0.39 is 12.6 Å². The number of hydrogen-bond acceptors (Lipinski definition) is 9. The van der Waals surface area contributed by atoms with Gasteiger partial charge in [-0.3, -0.25) is 14.6 Å². The zero-order chi connectivity index (χ0) is 28.1. The van der Waals surface area contributed by atoms with Crippen LogP contribution >= 0.6 is 0 Å². The van der Waals surface area contributed by atoms with Crippen molar-refractivity contribution in [2.24, 2.45) is 0 Å². The van der Waals surface area contributed by atoms with Gasteiger partial charge < -0.3 is 20.4 Å². The number of alkyl halides is 2. The SMILES string of the molecule is CC(=O)Nc1ccc2oc(-c3cc(C(=O)NCCNC(c4ccccc4)c4nnn(C(F)F)n4)ccn3)nc2c1. The number of oxazole rings is 1. The molecule has 204 valence electrons. The van der Waals surface area contributed by atoms with Gasteiger partial charge in [0.2, 0.25) is 11.8 Å². The summed E-state index contributed by atoms with van der Waals surface area (Å²) >= 11 is 0. The van der Waals surface area contributed by atoms with Crippen LogP contribution in [0.3, 0.4) is 0 Å². The summed E-state index contributed by atoms with van der Waals surface area (Å²) in [6.07, 6.45) is 1.48. The second-order valence-corrected chi connectivity index (χ2v) is 8.61. The summed E-state index contributed by atoms with van der Waals surface area (Å²) in [6.45, 7) is -0.986. The summed E-state index contributed by atoms with van der Waals surface area (Å²) in [4.78, 5) is 33.1. The first-order chi connectivity index (χ1) is 19.4. The molecule has 0 bridgehead atoms. The molecule has 40 heavy (non-hydrogen) atoms. The van der Waals surface area contributed by atoms with Gasteiger partial charge in [0.05, 0.1) is 6.04 Å². The average Bonchev–Trinajstić information content (AvgIpc) is 3.61. The first-order valence-corrected chi connectivity index (χ1v) is 12.2. The summed E-state index contributed by atoms with van der Waals surface area (Å²) in [5.41, 5.74) is 3.07. The maximum atomic E-state index is 13.0. The summed E-state index contributed by atoms with van der Waals surface area (Å²) < 4.78 is 31.7. The van der Waals surface area contributed by atoms with Gasteiger partial charge in [-0.1, -0.05) is 35.1 Å². The Labute approximate surface area is 225 Å². The number of tetrazole rings is 1. The van der Waals surface area contributed by atoms with E-state index in [9.17, 15) is 18.4 Å². The number of carbonyl (C=O) groups excluding carboxylic acids is 2. The molecule has 0 saturated heterocycles. The van der Waals surface area contributed by atoms with E-state index in [1.165, 1.54) is 13.1 Å². The van der Waals surface area contributed by atoms with Gasteiger partial charge in [-0.05, 0) is 41.1 Å². The Kier molecular flexibility index (Phi) is 7.77. The van der Waals surface area contributed by atoms with Crippen molar-refractivity contribution < 1.29 is 22.8 Å².